The van der Waals surface area contributed by atoms with Crippen molar-refractivity contribution < 1.29 is 9.59 Å². The van der Waals surface area contributed by atoms with E-state index in [0.29, 0.717) is 56.3 Å². The van der Waals surface area contributed by atoms with Crippen molar-refractivity contribution in [2.24, 2.45) is 29.4 Å². The highest BCUT2D eigenvalue weighted by Gasteiger charge is 2.50. The molecule has 2 bridgehead atoms. The number of nitrogens with zero attached hydrogens (tertiary/aromatic N) is 2. The molecule has 4 atom stereocenters. The summed E-state index contributed by atoms with van der Waals surface area (Å²) < 4.78 is 0. The summed E-state index contributed by atoms with van der Waals surface area (Å²) in [4.78, 5) is 29.5. The predicted octanol–water partition coefficient (Wildman–Crippen LogP) is 2.00. The number of fused-ring (bicyclic) bond motifs is 2. The lowest BCUT2D eigenvalue weighted by Crippen LogP contribution is -2.55. The van der Waals surface area contributed by atoms with Gasteiger partial charge in [0.2, 0.25) is 11.8 Å². The van der Waals surface area contributed by atoms with E-state index >= 15 is 0 Å². The van der Waals surface area contributed by atoms with E-state index < -0.39 is 0 Å². The largest absolute Gasteiger partial charge is 0.339 e. The quantitative estimate of drug-likeness (QED) is 0.849. The minimum absolute atomic E-state index is 0.0447. The molecule has 0 spiro atoms. The van der Waals surface area contributed by atoms with Crippen LogP contribution in [-0.2, 0) is 9.59 Å². The molecule has 4 unspecified atom stereocenters. The molecule has 2 amide bonds. The molecule has 0 aromatic carbocycles. The molecule has 25 heavy (non-hydrogen) atoms. The minimum atomic E-state index is 0.0447. The lowest BCUT2D eigenvalue weighted by Gasteiger charge is -2.39. The Morgan fingerprint density at radius 2 is 1.48 bits per heavy atom. The van der Waals surface area contributed by atoms with Crippen LogP contribution >= 0.6 is 0 Å². The fraction of sp³-hybridized carbons (Fsp3) is 0.900. The molecule has 140 valence electrons. The Morgan fingerprint density at radius 3 is 2.12 bits per heavy atom. The van der Waals surface area contributed by atoms with Crippen molar-refractivity contribution in [3.63, 3.8) is 0 Å². The zero-order valence-electron chi connectivity index (χ0n) is 15.4. The van der Waals surface area contributed by atoms with Gasteiger partial charge in [0.1, 0.15) is 0 Å². The van der Waals surface area contributed by atoms with Gasteiger partial charge < -0.3 is 15.5 Å². The molecule has 4 fully saturated rings. The van der Waals surface area contributed by atoms with Crippen molar-refractivity contribution in [2.75, 3.05) is 26.2 Å². The number of piperazine rings is 1. The fourth-order valence-corrected chi connectivity index (χ4v) is 5.86. The van der Waals surface area contributed by atoms with Crippen LogP contribution in [0.3, 0.4) is 0 Å². The third-order valence-electron chi connectivity index (χ3n) is 7.40. The Labute approximate surface area is 151 Å². The maximum absolute atomic E-state index is 12.9. The molecule has 4 aliphatic rings. The summed E-state index contributed by atoms with van der Waals surface area (Å²) in [5.41, 5.74) is 6.34. The molecule has 0 aromatic rings. The van der Waals surface area contributed by atoms with E-state index in [9.17, 15) is 9.59 Å². The van der Waals surface area contributed by atoms with Crippen LogP contribution in [0.4, 0.5) is 0 Å². The highest BCUT2D eigenvalue weighted by atomic mass is 16.2. The Hall–Kier alpha value is -1.10. The molecule has 3 aliphatic carbocycles. The third-order valence-corrected chi connectivity index (χ3v) is 7.40. The van der Waals surface area contributed by atoms with Crippen molar-refractivity contribution in [3.8, 4) is 0 Å². The smallest absolute Gasteiger partial charge is 0.227 e. The summed E-state index contributed by atoms with van der Waals surface area (Å²) in [5.74, 6) is 2.28. The molecule has 5 nitrogen and oxygen atoms in total. The second-order valence-electron chi connectivity index (χ2n) is 8.85. The van der Waals surface area contributed by atoms with Crippen LogP contribution in [0.2, 0.25) is 0 Å². The molecule has 1 saturated heterocycles. The SMILES string of the molecule is NC1C2CCC(C2)C1C(=O)N1CCN(C(=O)CC2CCCCC2)CC1. The number of amides is 2. The Kier molecular flexibility index (Phi) is 5.03. The third kappa shape index (κ3) is 3.44. The molecule has 3 saturated carbocycles. The monoisotopic (exact) mass is 347 g/mol. The molecule has 1 heterocycles. The number of carbonyl (C=O) groups excluding carboxylic acids is 2. The van der Waals surface area contributed by atoms with Gasteiger partial charge in [0.15, 0.2) is 0 Å². The lowest BCUT2D eigenvalue weighted by atomic mass is 9.84. The highest BCUT2D eigenvalue weighted by Crippen LogP contribution is 2.48. The lowest BCUT2D eigenvalue weighted by molar-refractivity contribution is -0.144. The average molecular weight is 348 g/mol. The molecular weight excluding hydrogens is 314 g/mol. The molecule has 4 rings (SSSR count). The predicted molar refractivity (Wildman–Crippen MR) is 96.6 cm³/mol. The van der Waals surface area contributed by atoms with Crippen LogP contribution in [0, 0.1) is 23.7 Å². The molecular formula is C20H33N3O2. The maximum Gasteiger partial charge on any atom is 0.227 e. The molecule has 5 heteroatoms. The van der Waals surface area contributed by atoms with Gasteiger partial charge in [-0.15, -0.1) is 0 Å². The summed E-state index contributed by atoms with van der Waals surface area (Å²) in [6, 6.07) is 0.0669. The van der Waals surface area contributed by atoms with Crippen molar-refractivity contribution >= 4 is 11.8 Å². The Balaban J connectivity index is 1.26. The first-order chi connectivity index (χ1) is 12.1. The Morgan fingerprint density at radius 1 is 0.840 bits per heavy atom. The van der Waals surface area contributed by atoms with E-state index in [1.165, 1.54) is 44.9 Å². The average Bonchev–Trinajstić information content (AvgIpc) is 3.23. The molecule has 1 aliphatic heterocycles. The van der Waals surface area contributed by atoms with Gasteiger partial charge in [-0.05, 0) is 49.9 Å². The van der Waals surface area contributed by atoms with Gasteiger partial charge in [-0.2, -0.15) is 0 Å². The van der Waals surface area contributed by atoms with Crippen molar-refractivity contribution in [2.45, 2.75) is 63.8 Å². The molecule has 0 aromatic heterocycles. The van der Waals surface area contributed by atoms with Gasteiger partial charge in [0.05, 0.1) is 5.92 Å². The van der Waals surface area contributed by atoms with Gasteiger partial charge >= 0.3 is 0 Å². The van der Waals surface area contributed by atoms with E-state index in [4.69, 9.17) is 5.73 Å². The first-order valence-corrected chi connectivity index (χ1v) is 10.5. The van der Waals surface area contributed by atoms with Crippen LogP contribution in [0.5, 0.6) is 0 Å². The number of carbonyl (C=O) groups is 2. The summed E-state index contributed by atoms with van der Waals surface area (Å²) >= 11 is 0. The summed E-state index contributed by atoms with van der Waals surface area (Å²) in [6.45, 7) is 2.78. The van der Waals surface area contributed by atoms with Gasteiger partial charge in [-0.1, -0.05) is 19.3 Å². The van der Waals surface area contributed by atoms with Gasteiger partial charge in [0.25, 0.3) is 0 Å². The van der Waals surface area contributed by atoms with Crippen LogP contribution in [-0.4, -0.2) is 53.8 Å². The van der Waals surface area contributed by atoms with E-state index in [1.807, 2.05) is 9.80 Å². The normalized spacial score (nSPS) is 36.0. The summed E-state index contributed by atoms with van der Waals surface area (Å²) in [6.07, 6.45) is 10.6. The first kappa shape index (κ1) is 17.3. The second-order valence-corrected chi connectivity index (χ2v) is 8.85. The van der Waals surface area contributed by atoms with E-state index in [0.717, 1.165) is 6.42 Å². The van der Waals surface area contributed by atoms with Gasteiger partial charge in [-0.25, -0.2) is 0 Å². The van der Waals surface area contributed by atoms with E-state index in [1.54, 1.807) is 0 Å². The number of nitrogens with two attached hydrogens (primary N) is 1. The Bertz CT molecular complexity index is 507. The standard InChI is InChI=1S/C20H33N3O2/c21-19-16-7-6-15(13-16)18(19)20(25)23-10-8-22(9-11-23)17(24)12-14-4-2-1-3-5-14/h14-16,18-19H,1-13,21H2. The van der Waals surface area contributed by atoms with E-state index in [-0.39, 0.29) is 17.9 Å². The first-order valence-electron chi connectivity index (χ1n) is 10.5. The second kappa shape index (κ2) is 7.26. The number of hydrogen-bond acceptors (Lipinski definition) is 3. The number of rotatable bonds is 3. The summed E-state index contributed by atoms with van der Waals surface area (Å²) in [5, 5.41) is 0. The zero-order valence-corrected chi connectivity index (χ0v) is 15.4. The van der Waals surface area contributed by atoms with Crippen LogP contribution in [0.25, 0.3) is 0 Å². The van der Waals surface area contributed by atoms with Crippen molar-refractivity contribution in [3.05, 3.63) is 0 Å². The fourth-order valence-electron chi connectivity index (χ4n) is 5.86. The van der Waals surface area contributed by atoms with Crippen LogP contribution in [0.1, 0.15) is 57.8 Å². The van der Waals surface area contributed by atoms with Crippen LogP contribution in [0.15, 0.2) is 0 Å². The van der Waals surface area contributed by atoms with Gasteiger partial charge in [0, 0.05) is 38.6 Å². The highest BCUT2D eigenvalue weighted by molar-refractivity contribution is 5.81. The maximum atomic E-state index is 12.9. The minimum Gasteiger partial charge on any atom is -0.339 e. The van der Waals surface area contributed by atoms with Gasteiger partial charge in [-0.3, -0.25) is 9.59 Å². The van der Waals surface area contributed by atoms with Crippen molar-refractivity contribution in [1.82, 2.24) is 9.80 Å². The zero-order chi connectivity index (χ0) is 17.4. The molecule has 0 radical (unpaired) electrons. The van der Waals surface area contributed by atoms with Crippen LogP contribution < -0.4 is 5.73 Å². The number of hydrogen-bond donors (Lipinski definition) is 1. The molecule has 2 N–H and O–H groups in total. The topological polar surface area (TPSA) is 66.6 Å². The summed E-state index contributed by atoms with van der Waals surface area (Å²) in [7, 11) is 0. The van der Waals surface area contributed by atoms with E-state index in [2.05, 4.69) is 0 Å². The van der Waals surface area contributed by atoms with Crippen molar-refractivity contribution in [1.29, 1.82) is 0 Å².